The molecule has 0 aliphatic rings. The highest BCUT2D eigenvalue weighted by atomic mass is 19.1. The molecule has 5 N–H and O–H groups in total. The Morgan fingerprint density at radius 1 is 0.731 bits per heavy atom. The number of fused-ring (bicyclic) bond motifs is 6. The summed E-state index contributed by atoms with van der Waals surface area (Å²) in [6.45, 7) is 0. The quantitative estimate of drug-likeness (QED) is 0.301. The highest BCUT2D eigenvalue weighted by Crippen LogP contribution is 2.36. The van der Waals surface area contributed by atoms with E-state index in [1.165, 1.54) is 12.1 Å². The first-order chi connectivity index (χ1) is 12.6. The summed E-state index contributed by atoms with van der Waals surface area (Å²) in [6, 6.07) is 17.9. The van der Waals surface area contributed by atoms with Crippen molar-refractivity contribution in [2.45, 2.75) is 0 Å². The van der Waals surface area contributed by atoms with E-state index in [-0.39, 0.29) is 5.82 Å². The zero-order valence-electron chi connectivity index (χ0n) is 13.8. The fourth-order valence-electron chi connectivity index (χ4n) is 3.50. The molecule has 5 heteroatoms. The molecule has 1 heterocycles. The molecule has 0 aliphatic carbocycles. The van der Waals surface area contributed by atoms with Crippen LogP contribution in [0.3, 0.4) is 0 Å². The smallest absolute Gasteiger partial charge is 0.138 e. The number of rotatable bonds is 1. The molecule has 5 rings (SSSR count). The third kappa shape index (κ3) is 2.10. The summed E-state index contributed by atoms with van der Waals surface area (Å²) in [5.74, 6) is 0.403. The first-order valence-corrected chi connectivity index (χ1v) is 8.26. The summed E-state index contributed by atoms with van der Waals surface area (Å²) in [6.07, 6.45) is 0. The predicted molar refractivity (Wildman–Crippen MR) is 105 cm³/mol. The van der Waals surface area contributed by atoms with Gasteiger partial charge in [-0.1, -0.05) is 12.1 Å². The van der Waals surface area contributed by atoms with Crippen molar-refractivity contribution in [1.29, 1.82) is 0 Å². The van der Waals surface area contributed by atoms with Gasteiger partial charge in [-0.15, -0.1) is 0 Å². The van der Waals surface area contributed by atoms with Crippen LogP contribution in [0.1, 0.15) is 0 Å². The predicted octanol–water partition coefficient (Wildman–Crippen LogP) is 4.84. The number of nitrogens with one attached hydrogen (secondary N) is 1. The molecule has 0 amide bonds. The molecule has 4 aromatic carbocycles. The highest BCUT2D eigenvalue weighted by Gasteiger charge is 2.14. The van der Waals surface area contributed by atoms with Gasteiger partial charge in [0, 0.05) is 27.7 Å². The number of anilines is 2. The summed E-state index contributed by atoms with van der Waals surface area (Å²) < 4.78 is 13.3. The molecular formula is C21H15FN4. The Balaban J connectivity index is 1.95. The van der Waals surface area contributed by atoms with E-state index in [4.69, 9.17) is 16.5 Å². The van der Waals surface area contributed by atoms with Crippen LogP contribution in [0.25, 0.3) is 44.0 Å². The van der Waals surface area contributed by atoms with Crippen LogP contribution in [0.15, 0.2) is 60.7 Å². The zero-order valence-corrected chi connectivity index (χ0v) is 13.8. The number of benzene rings is 4. The third-order valence-electron chi connectivity index (χ3n) is 4.72. The SMILES string of the molecule is Nc1ccc2c3ccc(N)cc3c3[nH]c(-c4ccc(F)cc4)nc3c2c1. The van der Waals surface area contributed by atoms with Crippen molar-refractivity contribution in [3.8, 4) is 11.4 Å². The molecule has 0 radical (unpaired) electrons. The lowest BCUT2D eigenvalue weighted by Gasteiger charge is -2.07. The first kappa shape index (κ1) is 14.7. The number of imidazole rings is 1. The second-order valence-corrected chi connectivity index (χ2v) is 6.43. The number of H-pyrrole nitrogens is 1. The lowest BCUT2D eigenvalue weighted by atomic mass is 9.99. The Morgan fingerprint density at radius 2 is 1.35 bits per heavy atom. The monoisotopic (exact) mass is 342 g/mol. The number of hydrogen-bond acceptors (Lipinski definition) is 3. The van der Waals surface area contributed by atoms with E-state index in [9.17, 15) is 4.39 Å². The average molecular weight is 342 g/mol. The summed E-state index contributed by atoms with van der Waals surface area (Å²) in [5, 5.41) is 4.12. The lowest BCUT2D eigenvalue weighted by Crippen LogP contribution is -1.89. The summed E-state index contributed by atoms with van der Waals surface area (Å²) in [5.41, 5.74) is 15.9. The molecule has 26 heavy (non-hydrogen) atoms. The number of nitrogens with two attached hydrogens (primary N) is 2. The van der Waals surface area contributed by atoms with Gasteiger partial charge in [-0.2, -0.15) is 0 Å². The van der Waals surface area contributed by atoms with Crippen molar-refractivity contribution >= 4 is 44.0 Å². The van der Waals surface area contributed by atoms with Crippen molar-refractivity contribution in [2.75, 3.05) is 11.5 Å². The molecule has 0 spiro atoms. The van der Waals surface area contributed by atoms with E-state index in [2.05, 4.69) is 4.98 Å². The topological polar surface area (TPSA) is 80.7 Å². The molecule has 0 unspecified atom stereocenters. The van der Waals surface area contributed by atoms with Gasteiger partial charge in [-0.25, -0.2) is 9.37 Å². The van der Waals surface area contributed by atoms with E-state index in [1.807, 2.05) is 36.4 Å². The van der Waals surface area contributed by atoms with Crippen LogP contribution in [-0.2, 0) is 0 Å². The Hall–Kier alpha value is -3.60. The van der Waals surface area contributed by atoms with E-state index in [1.54, 1.807) is 12.1 Å². The van der Waals surface area contributed by atoms with Gasteiger partial charge < -0.3 is 16.5 Å². The van der Waals surface area contributed by atoms with Gasteiger partial charge >= 0.3 is 0 Å². The van der Waals surface area contributed by atoms with E-state index >= 15 is 0 Å². The van der Waals surface area contributed by atoms with Crippen LogP contribution in [-0.4, -0.2) is 9.97 Å². The second-order valence-electron chi connectivity index (χ2n) is 6.43. The van der Waals surface area contributed by atoms with Crippen molar-refractivity contribution in [2.24, 2.45) is 0 Å². The molecule has 0 fully saturated rings. The number of aromatic nitrogens is 2. The van der Waals surface area contributed by atoms with Crippen LogP contribution in [0.2, 0.25) is 0 Å². The lowest BCUT2D eigenvalue weighted by molar-refractivity contribution is 0.628. The maximum Gasteiger partial charge on any atom is 0.138 e. The van der Waals surface area contributed by atoms with Gasteiger partial charge in [0.25, 0.3) is 0 Å². The van der Waals surface area contributed by atoms with Gasteiger partial charge in [-0.3, -0.25) is 0 Å². The number of nitrogens with zero attached hydrogens (tertiary/aromatic N) is 1. The van der Waals surface area contributed by atoms with Gasteiger partial charge in [0.05, 0.1) is 11.0 Å². The van der Waals surface area contributed by atoms with Crippen molar-refractivity contribution in [3.05, 3.63) is 66.5 Å². The Kier molecular flexibility index (Phi) is 2.94. The molecule has 4 nitrogen and oxygen atoms in total. The minimum atomic E-state index is -0.277. The molecule has 126 valence electrons. The van der Waals surface area contributed by atoms with Gasteiger partial charge in [0.15, 0.2) is 0 Å². The Bertz CT molecular complexity index is 1220. The number of nitrogen functional groups attached to an aromatic ring is 2. The summed E-state index contributed by atoms with van der Waals surface area (Å²) >= 11 is 0. The van der Waals surface area contributed by atoms with Crippen molar-refractivity contribution in [3.63, 3.8) is 0 Å². The van der Waals surface area contributed by atoms with Gasteiger partial charge in [0.2, 0.25) is 0 Å². The number of halogens is 1. The van der Waals surface area contributed by atoms with E-state index in [0.717, 1.165) is 38.1 Å². The minimum absolute atomic E-state index is 0.277. The van der Waals surface area contributed by atoms with Crippen molar-refractivity contribution in [1.82, 2.24) is 9.97 Å². The average Bonchev–Trinajstić information content (AvgIpc) is 3.08. The first-order valence-electron chi connectivity index (χ1n) is 8.26. The van der Waals surface area contributed by atoms with Crippen molar-refractivity contribution < 1.29 is 4.39 Å². The largest absolute Gasteiger partial charge is 0.399 e. The Labute approximate surface area is 148 Å². The molecule has 0 aliphatic heterocycles. The summed E-state index contributed by atoms with van der Waals surface area (Å²) in [7, 11) is 0. The standard InChI is InChI=1S/C21H15FN4/c22-12-3-1-11(2-4-12)21-25-19-17-9-13(23)5-7-15(17)16-8-6-14(24)10-18(16)20(19)26-21/h1-10H,23-24H2,(H,25,26). The molecule has 5 aromatic rings. The highest BCUT2D eigenvalue weighted by molar-refractivity contribution is 6.24. The van der Waals surface area contributed by atoms with E-state index < -0.39 is 0 Å². The molecule has 0 saturated heterocycles. The molecule has 1 aromatic heterocycles. The van der Waals surface area contributed by atoms with Crippen LogP contribution >= 0.6 is 0 Å². The fourth-order valence-corrected chi connectivity index (χ4v) is 3.50. The zero-order chi connectivity index (χ0) is 17.8. The fraction of sp³-hybridized carbons (Fsp3) is 0. The van der Waals surface area contributed by atoms with Gasteiger partial charge in [0.1, 0.15) is 11.6 Å². The number of hydrogen-bond donors (Lipinski definition) is 3. The Morgan fingerprint density at radius 3 is 2.04 bits per heavy atom. The second kappa shape index (κ2) is 5.20. The number of aromatic amines is 1. The molecular weight excluding hydrogens is 327 g/mol. The normalized spacial score (nSPS) is 11.6. The third-order valence-corrected chi connectivity index (χ3v) is 4.72. The molecule has 0 bridgehead atoms. The molecule has 0 saturated carbocycles. The maximum atomic E-state index is 13.3. The van der Waals surface area contributed by atoms with Gasteiger partial charge in [-0.05, 0) is 59.3 Å². The van der Waals surface area contributed by atoms with Crippen LogP contribution in [0.4, 0.5) is 15.8 Å². The van der Waals surface area contributed by atoms with Crippen LogP contribution in [0, 0.1) is 5.82 Å². The van der Waals surface area contributed by atoms with Crippen LogP contribution < -0.4 is 11.5 Å². The van der Waals surface area contributed by atoms with Crippen LogP contribution in [0.5, 0.6) is 0 Å². The summed E-state index contributed by atoms with van der Waals surface area (Å²) in [4.78, 5) is 8.17. The minimum Gasteiger partial charge on any atom is -0.399 e. The maximum absolute atomic E-state index is 13.3. The van der Waals surface area contributed by atoms with E-state index in [0.29, 0.717) is 17.2 Å². The molecule has 0 atom stereocenters.